The number of hydrogen-bond acceptors (Lipinski definition) is 8. The molecule has 0 fully saturated rings. The molecule has 158 valence electrons. The summed E-state index contributed by atoms with van der Waals surface area (Å²) in [4.78, 5) is -1.18. The normalized spacial score (nSPS) is 12.3. The van der Waals surface area contributed by atoms with Gasteiger partial charge in [-0.05, 0) is 35.0 Å². The van der Waals surface area contributed by atoms with Crippen LogP contribution >= 0.6 is 0 Å². The average molecular weight is 480 g/mol. The van der Waals surface area contributed by atoms with Gasteiger partial charge in [-0.25, -0.2) is 8.42 Å². The van der Waals surface area contributed by atoms with Gasteiger partial charge in [0.15, 0.2) is 0 Å². The summed E-state index contributed by atoms with van der Waals surface area (Å²) in [7, 11) is -9.61. The van der Waals surface area contributed by atoms with Crippen LogP contribution in [0.1, 0.15) is 0 Å². The topological polar surface area (TPSA) is 157 Å². The van der Waals surface area contributed by atoms with Gasteiger partial charge in [-0.15, -0.1) is 10.2 Å². The number of phenolic OH excluding ortho intramolecular Hbond substituents is 1. The van der Waals surface area contributed by atoms with Gasteiger partial charge >= 0.3 is 29.6 Å². The van der Waals surface area contributed by atoms with E-state index >= 15 is 0 Å². The number of azo groups is 1. The molecule has 0 aliphatic rings. The number of fused-ring (bicyclic) bond motifs is 2. The van der Waals surface area contributed by atoms with Gasteiger partial charge in [-0.3, -0.25) is 4.55 Å². The molecule has 0 radical (unpaired) electrons. The first-order chi connectivity index (χ1) is 14.6. The fourth-order valence-electron chi connectivity index (χ4n) is 3.24. The van der Waals surface area contributed by atoms with Gasteiger partial charge in [0.05, 0.1) is 10.6 Å². The molecule has 0 amide bonds. The molecular weight excluding hydrogens is 467 g/mol. The molecule has 0 heterocycles. The number of benzene rings is 4. The molecule has 0 bridgehead atoms. The molecule has 2 N–H and O–H groups in total. The van der Waals surface area contributed by atoms with Crippen molar-refractivity contribution in [1.82, 2.24) is 0 Å². The Balaban J connectivity index is 0.00000289. The van der Waals surface area contributed by atoms with Crippen molar-refractivity contribution in [3.8, 4) is 5.75 Å². The maximum Gasteiger partial charge on any atom is 1.00 e. The van der Waals surface area contributed by atoms with Gasteiger partial charge in [-0.1, -0.05) is 42.5 Å². The summed E-state index contributed by atoms with van der Waals surface area (Å²) in [6.07, 6.45) is 0. The molecule has 0 atom stereocenters. The van der Waals surface area contributed by atoms with Crippen molar-refractivity contribution in [2.75, 3.05) is 0 Å². The first-order valence-electron chi connectivity index (χ1n) is 8.68. The molecule has 32 heavy (non-hydrogen) atoms. The van der Waals surface area contributed by atoms with E-state index in [1.54, 1.807) is 30.3 Å². The molecule has 0 aliphatic heterocycles. The summed E-state index contributed by atoms with van der Waals surface area (Å²) in [5, 5.41) is 19.4. The zero-order valence-corrected chi connectivity index (χ0v) is 20.1. The first-order valence-corrected chi connectivity index (χ1v) is 11.5. The molecule has 0 spiro atoms. The molecule has 0 saturated carbocycles. The Morgan fingerprint density at radius 2 is 1.50 bits per heavy atom. The molecular formula is C20H13N2NaO7S2. The Bertz CT molecular complexity index is 1600. The van der Waals surface area contributed by atoms with E-state index in [1.807, 2.05) is 0 Å². The van der Waals surface area contributed by atoms with Crippen molar-refractivity contribution >= 4 is 53.2 Å². The zero-order chi connectivity index (χ0) is 22.4. The van der Waals surface area contributed by atoms with E-state index in [0.29, 0.717) is 5.39 Å². The molecule has 0 aliphatic carbocycles. The minimum atomic E-state index is -4.90. The minimum absolute atomic E-state index is 0. The van der Waals surface area contributed by atoms with Crippen LogP contribution in [-0.4, -0.2) is 31.0 Å². The molecule has 4 aromatic rings. The summed E-state index contributed by atoms with van der Waals surface area (Å²) in [6.45, 7) is 0. The SMILES string of the molecule is O=S(=O)([O-])c1cc(N=Nc2c(O)ccc3ccccc23)c2c(S(=O)(=O)O)cccc2c1.[Na+]. The Kier molecular flexibility index (Phi) is 6.72. The van der Waals surface area contributed by atoms with Crippen LogP contribution in [0.5, 0.6) is 5.75 Å². The Morgan fingerprint density at radius 1 is 0.812 bits per heavy atom. The summed E-state index contributed by atoms with van der Waals surface area (Å²) in [5.74, 6) is -0.214. The minimum Gasteiger partial charge on any atom is -0.744 e. The number of phenols is 1. The maximum absolute atomic E-state index is 11.8. The molecule has 0 saturated heterocycles. The molecule has 9 nitrogen and oxygen atoms in total. The van der Waals surface area contributed by atoms with E-state index < -0.39 is 30.0 Å². The third-order valence-corrected chi connectivity index (χ3v) is 6.30. The largest absolute Gasteiger partial charge is 1.00 e. The second-order valence-corrected chi connectivity index (χ2v) is 9.35. The van der Waals surface area contributed by atoms with E-state index in [9.17, 15) is 31.0 Å². The van der Waals surface area contributed by atoms with Crippen molar-refractivity contribution in [3.05, 3.63) is 66.7 Å². The molecule has 4 rings (SSSR count). The Morgan fingerprint density at radius 3 is 2.19 bits per heavy atom. The van der Waals surface area contributed by atoms with Crippen molar-refractivity contribution in [2.24, 2.45) is 10.2 Å². The van der Waals surface area contributed by atoms with Crippen LogP contribution < -0.4 is 29.6 Å². The third-order valence-electron chi connectivity index (χ3n) is 4.59. The van der Waals surface area contributed by atoms with Crippen LogP contribution in [-0.2, 0) is 20.2 Å². The Labute approximate surface area is 205 Å². The van der Waals surface area contributed by atoms with E-state index in [1.165, 1.54) is 18.2 Å². The van der Waals surface area contributed by atoms with Crippen LogP contribution in [0.2, 0.25) is 0 Å². The smallest absolute Gasteiger partial charge is 0.744 e. The summed E-state index contributed by atoms with van der Waals surface area (Å²) in [5.41, 5.74) is -0.224. The van der Waals surface area contributed by atoms with Crippen molar-refractivity contribution in [1.29, 1.82) is 0 Å². The predicted molar refractivity (Wildman–Crippen MR) is 112 cm³/mol. The van der Waals surface area contributed by atoms with E-state index in [2.05, 4.69) is 10.2 Å². The fraction of sp³-hybridized carbons (Fsp3) is 0. The van der Waals surface area contributed by atoms with Gasteiger partial charge in [0, 0.05) is 10.8 Å². The van der Waals surface area contributed by atoms with Crippen molar-refractivity contribution in [2.45, 2.75) is 9.79 Å². The number of nitrogens with zero attached hydrogens (tertiary/aromatic N) is 2. The monoisotopic (exact) mass is 480 g/mol. The van der Waals surface area contributed by atoms with Gasteiger partial charge in [0.25, 0.3) is 10.1 Å². The summed E-state index contributed by atoms with van der Waals surface area (Å²) in [6, 6.07) is 15.7. The fourth-order valence-corrected chi connectivity index (χ4v) is 4.49. The van der Waals surface area contributed by atoms with E-state index in [-0.39, 0.29) is 57.5 Å². The van der Waals surface area contributed by atoms with Crippen LogP contribution in [0.15, 0.2) is 86.7 Å². The van der Waals surface area contributed by atoms with Gasteiger partial charge in [-0.2, -0.15) is 8.42 Å². The molecule has 4 aromatic carbocycles. The number of aromatic hydroxyl groups is 1. The van der Waals surface area contributed by atoms with E-state index in [4.69, 9.17) is 0 Å². The standard InChI is InChI=1S/C20H14N2O7S2.Na/c23-17-9-8-12-4-1-2-6-15(12)20(17)22-21-16-11-14(30(24,25)26)10-13-5-3-7-18(19(13)16)31(27,28)29;/h1-11,23H,(H,24,25,26)(H,27,28,29);/q;+1/p-1. The van der Waals surface area contributed by atoms with Crippen LogP contribution in [0.25, 0.3) is 21.5 Å². The number of hydrogen-bond donors (Lipinski definition) is 2. The summed E-state index contributed by atoms with van der Waals surface area (Å²) >= 11 is 0. The maximum atomic E-state index is 11.8. The van der Waals surface area contributed by atoms with Crippen molar-refractivity contribution in [3.63, 3.8) is 0 Å². The molecule has 12 heteroatoms. The van der Waals surface area contributed by atoms with E-state index in [0.717, 1.165) is 23.6 Å². The van der Waals surface area contributed by atoms with Crippen molar-refractivity contribution < 1.29 is 60.6 Å². The number of rotatable bonds is 4. The van der Waals surface area contributed by atoms with Crippen LogP contribution in [0, 0.1) is 0 Å². The zero-order valence-electron chi connectivity index (χ0n) is 16.5. The second-order valence-electron chi connectivity index (χ2n) is 6.58. The third kappa shape index (κ3) is 4.69. The first kappa shape index (κ1) is 24.3. The quantitative estimate of drug-likeness (QED) is 0.253. The molecule has 0 unspecified atom stereocenters. The van der Waals surface area contributed by atoms with Gasteiger partial charge in [0.1, 0.15) is 26.5 Å². The predicted octanol–water partition coefficient (Wildman–Crippen LogP) is 1.27. The average Bonchev–Trinajstić information content (AvgIpc) is 2.71. The van der Waals surface area contributed by atoms with Gasteiger partial charge < -0.3 is 9.66 Å². The molecule has 0 aromatic heterocycles. The van der Waals surface area contributed by atoms with Crippen LogP contribution in [0.3, 0.4) is 0 Å². The summed E-state index contributed by atoms with van der Waals surface area (Å²) < 4.78 is 68.0. The Hall–Kier alpha value is -2.38. The second kappa shape index (κ2) is 8.87. The van der Waals surface area contributed by atoms with Crippen LogP contribution in [0.4, 0.5) is 11.4 Å². The van der Waals surface area contributed by atoms with Gasteiger partial charge in [0.2, 0.25) is 0 Å².